The van der Waals surface area contributed by atoms with Gasteiger partial charge in [0.15, 0.2) is 0 Å². The molecule has 2 nitrogen and oxygen atoms in total. The minimum absolute atomic E-state index is 0.00718. The molecule has 1 amide bonds. The standard InChI is InChI=1S/C13H13F2NOS/c1-3-7-16-12(17)8-18-9(2)13-10(14)5-4-6-11(13)15/h1,4-6,9H,7-8H2,2H3,(H,16,17)/t9-/m1/s1. The van der Waals surface area contributed by atoms with Gasteiger partial charge >= 0.3 is 0 Å². The Kier molecular flexibility index (Phi) is 5.66. The van der Waals surface area contributed by atoms with Gasteiger partial charge in [-0.05, 0) is 19.1 Å². The fourth-order valence-corrected chi connectivity index (χ4v) is 2.28. The molecule has 0 unspecified atom stereocenters. The lowest BCUT2D eigenvalue weighted by atomic mass is 10.1. The number of carbonyl (C=O) groups excluding carboxylic acids is 1. The van der Waals surface area contributed by atoms with Crippen LogP contribution in [-0.4, -0.2) is 18.2 Å². The van der Waals surface area contributed by atoms with Gasteiger partial charge in [0.2, 0.25) is 5.91 Å². The molecule has 1 rings (SSSR count). The van der Waals surface area contributed by atoms with E-state index in [1.807, 2.05) is 0 Å². The zero-order valence-electron chi connectivity index (χ0n) is 9.87. The first-order chi connectivity index (χ1) is 8.56. The van der Waals surface area contributed by atoms with Gasteiger partial charge < -0.3 is 5.32 Å². The Morgan fingerprint density at radius 3 is 2.67 bits per heavy atom. The Labute approximate surface area is 109 Å². The Morgan fingerprint density at radius 2 is 2.11 bits per heavy atom. The largest absolute Gasteiger partial charge is 0.344 e. The number of hydrogen-bond acceptors (Lipinski definition) is 2. The summed E-state index contributed by atoms with van der Waals surface area (Å²) in [6, 6.07) is 3.72. The number of terminal acetylenes is 1. The van der Waals surface area contributed by atoms with E-state index in [1.165, 1.54) is 18.2 Å². The highest BCUT2D eigenvalue weighted by atomic mass is 32.2. The minimum Gasteiger partial charge on any atom is -0.344 e. The molecule has 1 aromatic carbocycles. The van der Waals surface area contributed by atoms with E-state index >= 15 is 0 Å². The van der Waals surface area contributed by atoms with Crippen LogP contribution in [0.2, 0.25) is 0 Å². The molecule has 1 N–H and O–H groups in total. The molecule has 0 radical (unpaired) electrons. The third-order valence-electron chi connectivity index (χ3n) is 2.26. The summed E-state index contributed by atoms with van der Waals surface area (Å²) in [6.07, 6.45) is 4.99. The van der Waals surface area contributed by atoms with Crippen LogP contribution in [-0.2, 0) is 4.79 Å². The fourth-order valence-electron chi connectivity index (χ4n) is 1.38. The van der Waals surface area contributed by atoms with E-state index in [0.717, 1.165) is 11.8 Å². The Morgan fingerprint density at radius 1 is 1.50 bits per heavy atom. The zero-order chi connectivity index (χ0) is 13.5. The van der Waals surface area contributed by atoms with Crippen molar-refractivity contribution in [3.63, 3.8) is 0 Å². The molecule has 0 aliphatic carbocycles. The number of nitrogens with one attached hydrogen (secondary N) is 1. The fraction of sp³-hybridized carbons (Fsp3) is 0.308. The second kappa shape index (κ2) is 7.02. The number of thioether (sulfide) groups is 1. The molecule has 0 fully saturated rings. The number of benzene rings is 1. The lowest BCUT2D eigenvalue weighted by molar-refractivity contribution is -0.118. The van der Waals surface area contributed by atoms with E-state index < -0.39 is 16.9 Å². The van der Waals surface area contributed by atoms with Crippen LogP contribution in [0.3, 0.4) is 0 Å². The predicted octanol–water partition coefficient (Wildman–Crippen LogP) is 2.51. The van der Waals surface area contributed by atoms with Gasteiger partial charge in [0.25, 0.3) is 0 Å². The van der Waals surface area contributed by atoms with Gasteiger partial charge in [0, 0.05) is 10.8 Å². The first kappa shape index (κ1) is 14.5. The Bertz CT molecular complexity index is 450. The summed E-state index contributed by atoms with van der Waals surface area (Å²) in [5, 5.41) is 2.04. The van der Waals surface area contributed by atoms with Gasteiger partial charge in [-0.2, -0.15) is 0 Å². The molecule has 0 bridgehead atoms. The quantitative estimate of drug-likeness (QED) is 0.832. The molecule has 0 aromatic heterocycles. The summed E-state index contributed by atoms with van der Waals surface area (Å²) in [7, 11) is 0. The second-order valence-corrected chi connectivity index (χ2v) is 4.90. The summed E-state index contributed by atoms with van der Waals surface area (Å²) in [5.74, 6) is 0.938. The molecule has 0 aliphatic rings. The van der Waals surface area contributed by atoms with Crippen LogP contribution < -0.4 is 5.32 Å². The molecule has 5 heteroatoms. The smallest absolute Gasteiger partial charge is 0.230 e. The maximum absolute atomic E-state index is 13.4. The van der Waals surface area contributed by atoms with E-state index in [4.69, 9.17) is 6.42 Å². The maximum atomic E-state index is 13.4. The van der Waals surface area contributed by atoms with Crippen molar-refractivity contribution >= 4 is 17.7 Å². The second-order valence-electron chi connectivity index (χ2n) is 3.57. The number of halogens is 2. The minimum atomic E-state index is -0.598. The van der Waals surface area contributed by atoms with E-state index in [-0.39, 0.29) is 23.8 Å². The number of amides is 1. The van der Waals surface area contributed by atoms with Crippen LogP contribution >= 0.6 is 11.8 Å². The van der Waals surface area contributed by atoms with Gasteiger partial charge in [-0.15, -0.1) is 18.2 Å². The number of rotatable bonds is 5. The molecule has 0 heterocycles. The van der Waals surface area contributed by atoms with E-state index in [0.29, 0.717) is 0 Å². The topological polar surface area (TPSA) is 29.1 Å². The first-order valence-electron chi connectivity index (χ1n) is 5.32. The average molecular weight is 269 g/mol. The first-order valence-corrected chi connectivity index (χ1v) is 6.36. The van der Waals surface area contributed by atoms with Crippen molar-refractivity contribution in [1.82, 2.24) is 5.32 Å². The SMILES string of the molecule is C#CCNC(=O)CS[C@H](C)c1c(F)cccc1F. The molecule has 18 heavy (non-hydrogen) atoms. The molecular weight excluding hydrogens is 256 g/mol. The van der Waals surface area contributed by atoms with Crippen molar-refractivity contribution in [3.05, 3.63) is 35.4 Å². The van der Waals surface area contributed by atoms with Crippen molar-refractivity contribution < 1.29 is 13.6 Å². The molecule has 0 saturated heterocycles. The number of hydrogen-bond donors (Lipinski definition) is 1. The highest BCUT2D eigenvalue weighted by Crippen LogP contribution is 2.31. The van der Waals surface area contributed by atoms with Crippen molar-refractivity contribution in [2.75, 3.05) is 12.3 Å². The van der Waals surface area contributed by atoms with Gasteiger partial charge in [-0.1, -0.05) is 12.0 Å². The molecule has 0 saturated carbocycles. The summed E-state index contributed by atoms with van der Waals surface area (Å²) in [4.78, 5) is 11.3. The highest BCUT2D eigenvalue weighted by molar-refractivity contribution is 8.00. The van der Waals surface area contributed by atoms with Gasteiger partial charge in [0.05, 0.1) is 12.3 Å². The van der Waals surface area contributed by atoms with Gasteiger partial charge in [0.1, 0.15) is 11.6 Å². The summed E-state index contributed by atoms with van der Waals surface area (Å²) >= 11 is 1.16. The molecule has 1 aromatic rings. The molecule has 96 valence electrons. The number of carbonyl (C=O) groups is 1. The van der Waals surface area contributed by atoms with Crippen LogP contribution in [0.25, 0.3) is 0 Å². The predicted molar refractivity (Wildman–Crippen MR) is 69.1 cm³/mol. The maximum Gasteiger partial charge on any atom is 0.230 e. The van der Waals surface area contributed by atoms with Crippen molar-refractivity contribution in [2.45, 2.75) is 12.2 Å². The highest BCUT2D eigenvalue weighted by Gasteiger charge is 2.17. The third-order valence-corrected chi connectivity index (χ3v) is 3.42. The molecule has 0 spiro atoms. The van der Waals surface area contributed by atoms with Crippen molar-refractivity contribution in [3.8, 4) is 12.3 Å². The molecule has 1 atom stereocenters. The van der Waals surface area contributed by atoms with Crippen LogP contribution in [0.5, 0.6) is 0 Å². The van der Waals surface area contributed by atoms with Crippen molar-refractivity contribution in [1.29, 1.82) is 0 Å². The average Bonchev–Trinajstić information content (AvgIpc) is 2.33. The van der Waals surface area contributed by atoms with E-state index in [9.17, 15) is 13.6 Å². The monoisotopic (exact) mass is 269 g/mol. The summed E-state index contributed by atoms with van der Waals surface area (Å²) in [6.45, 7) is 1.81. The Hall–Kier alpha value is -1.54. The summed E-state index contributed by atoms with van der Waals surface area (Å²) < 4.78 is 26.9. The lowest BCUT2D eigenvalue weighted by Crippen LogP contribution is -2.25. The van der Waals surface area contributed by atoms with Crippen LogP contribution in [0.15, 0.2) is 18.2 Å². The van der Waals surface area contributed by atoms with Crippen LogP contribution in [0.1, 0.15) is 17.7 Å². The lowest BCUT2D eigenvalue weighted by Gasteiger charge is -2.13. The third kappa shape index (κ3) is 4.04. The van der Waals surface area contributed by atoms with Crippen LogP contribution in [0.4, 0.5) is 8.78 Å². The zero-order valence-corrected chi connectivity index (χ0v) is 10.7. The van der Waals surface area contributed by atoms with Gasteiger partial charge in [-0.25, -0.2) is 8.78 Å². The normalized spacial score (nSPS) is 11.7. The molecule has 0 aliphatic heterocycles. The molecular formula is C13H13F2NOS. The van der Waals surface area contributed by atoms with Crippen LogP contribution in [0, 0.1) is 24.0 Å². The summed E-state index contributed by atoms with van der Waals surface area (Å²) in [5.41, 5.74) is -0.00718. The van der Waals surface area contributed by atoms with E-state index in [1.54, 1.807) is 6.92 Å². The van der Waals surface area contributed by atoms with Crippen molar-refractivity contribution in [2.24, 2.45) is 0 Å². The van der Waals surface area contributed by atoms with E-state index in [2.05, 4.69) is 11.2 Å². The Balaban J connectivity index is 2.58. The van der Waals surface area contributed by atoms with Gasteiger partial charge in [-0.3, -0.25) is 4.79 Å².